The number of nitrogens with zero attached hydrogens (tertiary/aromatic N) is 1. The van der Waals surface area contributed by atoms with Crippen molar-refractivity contribution in [2.75, 3.05) is 32.6 Å². The van der Waals surface area contributed by atoms with Gasteiger partial charge in [-0.2, -0.15) is 0 Å². The Balaban J connectivity index is 2.84. The van der Waals surface area contributed by atoms with Gasteiger partial charge in [0.1, 0.15) is 6.61 Å². The number of aliphatic hydroxyl groups is 1. The maximum Gasteiger partial charge on any atom is 0.238 e. The summed E-state index contributed by atoms with van der Waals surface area (Å²) < 4.78 is 0. The topological polar surface area (TPSA) is 52.6 Å². The van der Waals surface area contributed by atoms with E-state index in [4.69, 9.17) is 16.7 Å². The molecule has 0 saturated carbocycles. The number of carbonyl (C=O) groups is 1. The summed E-state index contributed by atoms with van der Waals surface area (Å²) in [5.74, 6) is 5.15. The summed E-state index contributed by atoms with van der Waals surface area (Å²) in [6.07, 6.45) is 0. The van der Waals surface area contributed by atoms with Crippen LogP contribution in [-0.2, 0) is 4.79 Å². The van der Waals surface area contributed by atoms with E-state index in [0.717, 1.165) is 0 Å². The van der Waals surface area contributed by atoms with Crippen LogP contribution in [-0.4, -0.2) is 43.2 Å². The molecule has 2 N–H and O–H groups in total. The molecule has 0 heterocycles. The van der Waals surface area contributed by atoms with Crippen LogP contribution in [0.5, 0.6) is 0 Å². The van der Waals surface area contributed by atoms with Crippen molar-refractivity contribution in [2.24, 2.45) is 0 Å². The van der Waals surface area contributed by atoms with Gasteiger partial charge >= 0.3 is 0 Å². The third-order valence-corrected chi connectivity index (χ3v) is 2.34. The first-order chi connectivity index (χ1) is 8.52. The van der Waals surface area contributed by atoms with Gasteiger partial charge in [0, 0.05) is 5.56 Å². The summed E-state index contributed by atoms with van der Waals surface area (Å²) >= 11 is 5.98. The average molecular weight is 267 g/mol. The smallest absolute Gasteiger partial charge is 0.238 e. The summed E-state index contributed by atoms with van der Waals surface area (Å²) in [4.78, 5) is 13.4. The van der Waals surface area contributed by atoms with Gasteiger partial charge in [0.2, 0.25) is 5.91 Å². The Morgan fingerprint density at radius 2 is 2.22 bits per heavy atom. The van der Waals surface area contributed by atoms with Gasteiger partial charge in [0.15, 0.2) is 0 Å². The molecule has 1 aromatic carbocycles. The molecule has 1 rings (SSSR count). The lowest BCUT2D eigenvalue weighted by Gasteiger charge is -2.11. The molecule has 0 unspecified atom stereocenters. The highest BCUT2D eigenvalue weighted by Gasteiger charge is 2.07. The highest BCUT2D eigenvalue weighted by atomic mass is 35.5. The lowest BCUT2D eigenvalue weighted by Crippen LogP contribution is -2.27. The van der Waals surface area contributed by atoms with Gasteiger partial charge in [0.25, 0.3) is 0 Å². The minimum absolute atomic E-state index is 0.144. The molecule has 0 radical (unpaired) electrons. The van der Waals surface area contributed by atoms with Crippen LogP contribution in [0.25, 0.3) is 0 Å². The highest BCUT2D eigenvalue weighted by Crippen LogP contribution is 2.22. The Hall–Kier alpha value is -1.54. The zero-order chi connectivity index (χ0) is 13.5. The van der Waals surface area contributed by atoms with Crippen LogP contribution in [0.2, 0.25) is 5.02 Å². The SMILES string of the molecule is CN(C)CC(=O)Nc1cc(C#CCO)ccc1Cl. The Morgan fingerprint density at radius 3 is 2.83 bits per heavy atom. The van der Waals surface area contributed by atoms with Crippen molar-refractivity contribution < 1.29 is 9.90 Å². The van der Waals surface area contributed by atoms with E-state index in [1.165, 1.54) is 0 Å². The molecule has 0 aliphatic heterocycles. The van der Waals surface area contributed by atoms with Crippen molar-refractivity contribution in [1.82, 2.24) is 4.90 Å². The number of carbonyl (C=O) groups excluding carboxylic acids is 1. The molecule has 1 amide bonds. The monoisotopic (exact) mass is 266 g/mol. The first kappa shape index (κ1) is 14.5. The second-order valence-electron chi connectivity index (χ2n) is 3.94. The molecule has 5 heteroatoms. The molecule has 0 saturated heterocycles. The second-order valence-corrected chi connectivity index (χ2v) is 4.35. The van der Waals surface area contributed by atoms with Gasteiger partial charge < -0.3 is 15.3 Å². The molecule has 0 aromatic heterocycles. The van der Waals surface area contributed by atoms with Crippen molar-refractivity contribution in [3.63, 3.8) is 0 Å². The number of likely N-dealkylation sites (N-methyl/N-ethyl adjacent to an activating group) is 1. The van der Waals surface area contributed by atoms with Gasteiger partial charge in [-0.3, -0.25) is 4.79 Å². The normalized spacial score (nSPS) is 9.83. The van der Waals surface area contributed by atoms with E-state index in [9.17, 15) is 4.79 Å². The number of halogens is 1. The van der Waals surface area contributed by atoms with Crippen LogP contribution in [0.4, 0.5) is 5.69 Å². The van der Waals surface area contributed by atoms with Gasteiger partial charge in [-0.1, -0.05) is 23.4 Å². The summed E-state index contributed by atoms with van der Waals surface area (Å²) in [5, 5.41) is 11.8. The molecule has 0 bridgehead atoms. The number of hydrogen-bond acceptors (Lipinski definition) is 3. The number of anilines is 1. The Labute approximate surface area is 112 Å². The summed E-state index contributed by atoms with van der Waals surface area (Å²) in [6, 6.07) is 5.07. The van der Waals surface area contributed by atoms with Crippen LogP contribution in [0.3, 0.4) is 0 Å². The van der Waals surface area contributed by atoms with Crippen molar-refractivity contribution in [3.05, 3.63) is 28.8 Å². The number of aliphatic hydroxyl groups excluding tert-OH is 1. The quantitative estimate of drug-likeness (QED) is 0.808. The second kappa shape index (κ2) is 7.02. The Morgan fingerprint density at radius 1 is 1.50 bits per heavy atom. The standard InChI is InChI=1S/C13H15ClN2O2/c1-16(2)9-13(18)15-12-8-10(4-3-7-17)5-6-11(12)14/h5-6,8,17H,7,9H2,1-2H3,(H,15,18). The Bertz CT molecular complexity index is 489. The van der Waals surface area contributed by atoms with E-state index < -0.39 is 0 Å². The summed E-state index contributed by atoms with van der Waals surface area (Å²) in [5.41, 5.74) is 1.21. The van der Waals surface area contributed by atoms with E-state index in [1.807, 2.05) is 14.1 Å². The van der Waals surface area contributed by atoms with E-state index in [2.05, 4.69) is 17.2 Å². The largest absolute Gasteiger partial charge is 0.384 e. The van der Waals surface area contributed by atoms with E-state index in [0.29, 0.717) is 16.3 Å². The average Bonchev–Trinajstić information content (AvgIpc) is 2.29. The molecule has 0 atom stereocenters. The summed E-state index contributed by atoms with van der Waals surface area (Å²) in [7, 11) is 3.62. The molecule has 18 heavy (non-hydrogen) atoms. The van der Waals surface area contributed by atoms with Crippen LogP contribution in [0.1, 0.15) is 5.56 Å². The first-order valence-corrected chi connectivity index (χ1v) is 5.74. The molecule has 0 aliphatic rings. The third kappa shape index (κ3) is 4.76. The molecule has 96 valence electrons. The molecule has 0 fully saturated rings. The van der Waals surface area contributed by atoms with Crippen LogP contribution >= 0.6 is 11.6 Å². The molecule has 0 aliphatic carbocycles. The van der Waals surface area contributed by atoms with Gasteiger partial charge in [-0.05, 0) is 32.3 Å². The predicted octanol–water partition coefficient (Wildman–Crippen LogP) is 1.18. The van der Waals surface area contributed by atoms with E-state index in [1.54, 1.807) is 23.1 Å². The van der Waals surface area contributed by atoms with E-state index >= 15 is 0 Å². The predicted molar refractivity (Wildman–Crippen MR) is 72.6 cm³/mol. The Kier molecular flexibility index (Phi) is 5.66. The lowest BCUT2D eigenvalue weighted by atomic mass is 10.2. The number of hydrogen-bond donors (Lipinski definition) is 2. The van der Waals surface area contributed by atoms with Crippen LogP contribution in [0, 0.1) is 11.8 Å². The van der Waals surface area contributed by atoms with Crippen molar-refractivity contribution in [3.8, 4) is 11.8 Å². The number of rotatable bonds is 3. The minimum Gasteiger partial charge on any atom is -0.384 e. The third-order valence-electron chi connectivity index (χ3n) is 2.01. The lowest BCUT2D eigenvalue weighted by molar-refractivity contribution is -0.116. The highest BCUT2D eigenvalue weighted by molar-refractivity contribution is 6.33. The fourth-order valence-corrected chi connectivity index (χ4v) is 1.48. The first-order valence-electron chi connectivity index (χ1n) is 5.37. The van der Waals surface area contributed by atoms with Crippen LogP contribution < -0.4 is 5.32 Å². The molecular weight excluding hydrogens is 252 g/mol. The maximum absolute atomic E-state index is 11.6. The zero-order valence-corrected chi connectivity index (χ0v) is 11.1. The van der Waals surface area contributed by atoms with Gasteiger partial charge in [-0.15, -0.1) is 0 Å². The van der Waals surface area contributed by atoms with Gasteiger partial charge in [-0.25, -0.2) is 0 Å². The van der Waals surface area contributed by atoms with Crippen molar-refractivity contribution >= 4 is 23.2 Å². The number of nitrogens with one attached hydrogen (secondary N) is 1. The molecular formula is C13H15ClN2O2. The molecule has 0 spiro atoms. The molecule has 1 aromatic rings. The van der Waals surface area contributed by atoms with Crippen molar-refractivity contribution in [1.29, 1.82) is 0 Å². The van der Waals surface area contributed by atoms with Gasteiger partial charge in [0.05, 0.1) is 17.3 Å². The maximum atomic E-state index is 11.6. The summed E-state index contributed by atoms with van der Waals surface area (Å²) in [6.45, 7) is 0.0772. The minimum atomic E-state index is -0.203. The van der Waals surface area contributed by atoms with Crippen molar-refractivity contribution in [2.45, 2.75) is 0 Å². The fraction of sp³-hybridized carbons (Fsp3) is 0.308. The molecule has 4 nitrogen and oxygen atoms in total. The number of benzene rings is 1. The van der Waals surface area contributed by atoms with E-state index in [-0.39, 0.29) is 19.1 Å². The van der Waals surface area contributed by atoms with Crippen LogP contribution in [0.15, 0.2) is 18.2 Å². The fourth-order valence-electron chi connectivity index (χ4n) is 1.32. The zero-order valence-electron chi connectivity index (χ0n) is 10.3. The number of amides is 1.